The van der Waals surface area contributed by atoms with E-state index in [4.69, 9.17) is 0 Å². The molecule has 0 bridgehead atoms. The van der Waals surface area contributed by atoms with E-state index >= 15 is 0 Å². The van der Waals surface area contributed by atoms with E-state index in [1.807, 2.05) is 6.92 Å². The second-order valence-electron chi connectivity index (χ2n) is 2.74. The molecule has 0 amide bonds. The van der Waals surface area contributed by atoms with Gasteiger partial charge in [0.05, 0.1) is 6.10 Å². The minimum absolute atomic E-state index is 0.283. The Morgan fingerprint density at radius 1 is 1.64 bits per heavy atom. The van der Waals surface area contributed by atoms with Crippen molar-refractivity contribution in [2.45, 2.75) is 39.2 Å². The fraction of sp³-hybridized carbons (Fsp3) is 0.667. The first-order valence-electron chi connectivity index (χ1n) is 4.00. The minimum Gasteiger partial charge on any atom is -0.393 e. The average molecular weight is 156 g/mol. The zero-order chi connectivity index (χ0) is 8.69. The molecule has 0 radical (unpaired) electrons. The van der Waals surface area contributed by atoms with Gasteiger partial charge in [-0.15, -0.1) is 0 Å². The molecule has 0 aromatic rings. The van der Waals surface area contributed by atoms with Gasteiger partial charge in [0.1, 0.15) is 6.29 Å². The van der Waals surface area contributed by atoms with Gasteiger partial charge in [-0.25, -0.2) is 0 Å². The van der Waals surface area contributed by atoms with Crippen molar-refractivity contribution in [1.29, 1.82) is 0 Å². The molecule has 11 heavy (non-hydrogen) atoms. The lowest BCUT2D eigenvalue weighted by Crippen LogP contribution is -2.03. The zero-order valence-corrected chi connectivity index (χ0v) is 7.21. The largest absolute Gasteiger partial charge is 0.393 e. The number of hydrogen-bond donors (Lipinski definition) is 1. The molecule has 1 atom stereocenters. The molecule has 0 aliphatic rings. The third kappa shape index (κ3) is 5.80. The Kier molecular flexibility index (Phi) is 5.75. The summed E-state index contributed by atoms with van der Waals surface area (Å²) in [6.07, 6.45) is 4.68. The predicted octanol–water partition coefficient (Wildman–Crippen LogP) is 1.68. The number of aliphatic hydroxyl groups is 1. The van der Waals surface area contributed by atoms with Gasteiger partial charge in [0.15, 0.2) is 0 Å². The highest BCUT2D eigenvalue weighted by Crippen LogP contribution is 2.03. The maximum absolute atomic E-state index is 10.1. The number of hydrogen-bond acceptors (Lipinski definition) is 2. The molecule has 2 nitrogen and oxygen atoms in total. The molecule has 0 heterocycles. The Morgan fingerprint density at radius 2 is 2.27 bits per heavy atom. The van der Waals surface area contributed by atoms with Crippen molar-refractivity contribution in [1.82, 2.24) is 0 Å². The van der Waals surface area contributed by atoms with Crippen molar-refractivity contribution in [2.24, 2.45) is 0 Å². The van der Waals surface area contributed by atoms with E-state index < -0.39 is 0 Å². The summed E-state index contributed by atoms with van der Waals surface area (Å²) in [5, 5.41) is 9.23. The van der Waals surface area contributed by atoms with Crippen LogP contribution in [0.5, 0.6) is 0 Å². The van der Waals surface area contributed by atoms with Gasteiger partial charge in [-0.05, 0) is 25.3 Å². The van der Waals surface area contributed by atoms with Gasteiger partial charge in [0, 0.05) is 0 Å². The molecule has 0 saturated carbocycles. The second-order valence-corrected chi connectivity index (χ2v) is 2.74. The van der Waals surface area contributed by atoms with Gasteiger partial charge in [0.2, 0.25) is 0 Å². The fourth-order valence-electron chi connectivity index (χ4n) is 0.821. The Morgan fingerprint density at radius 3 is 2.73 bits per heavy atom. The lowest BCUT2D eigenvalue weighted by molar-refractivity contribution is -0.104. The third-order valence-electron chi connectivity index (χ3n) is 1.52. The molecular formula is C9H16O2. The maximum atomic E-state index is 10.1. The van der Waals surface area contributed by atoms with E-state index in [9.17, 15) is 9.90 Å². The van der Waals surface area contributed by atoms with E-state index in [1.165, 1.54) is 0 Å². The summed E-state index contributed by atoms with van der Waals surface area (Å²) in [5.41, 5.74) is 0.695. The Hall–Kier alpha value is -0.630. The fourth-order valence-corrected chi connectivity index (χ4v) is 0.821. The molecule has 0 rings (SSSR count). The van der Waals surface area contributed by atoms with Crippen LogP contribution in [-0.4, -0.2) is 17.5 Å². The van der Waals surface area contributed by atoms with E-state index in [2.05, 4.69) is 0 Å². The smallest absolute Gasteiger partial charge is 0.145 e. The predicted molar refractivity (Wildman–Crippen MR) is 45.4 cm³/mol. The van der Waals surface area contributed by atoms with Crippen LogP contribution < -0.4 is 0 Å². The molecule has 64 valence electrons. The van der Waals surface area contributed by atoms with E-state index in [0.29, 0.717) is 12.0 Å². The van der Waals surface area contributed by atoms with E-state index in [-0.39, 0.29) is 6.10 Å². The standard InChI is InChI=1S/C9H16O2/c1-3-4-9(11)6-5-8(2)7-10/h5,7,9,11H,3-4,6H2,1-2H3/b8-5+. The van der Waals surface area contributed by atoms with Gasteiger partial charge in [-0.2, -0.15) is 0 Å². The molecule has 0 aliphatic carbocycles. The number of carbonyl (C=O) groups is 1. The number of allylic oxidation sites excluding steroid dienone is 1. The van der Waals surface area contributed by atoms with Crippen LogP contribution in [-0.2, 0) is 4.79 Å². The van der Waals surface area contributed by atoms with Gasteiger partial charge in [-0.3, -0.25) is 4.79 Å². The van der Waals surface area contributed by atoms with Gasteiger partial charge < -0.3 is 5.11 Å². The summed E-state index contributed by atoms with van der Waals surface area (Å²) in [6, 6.07) is 0. The molecule has 0 aromatic carbocycles. The number of aldehydes is 1. The van der Waals surface area contributed by atoms with Crippen LogP contribution in [0, 0.1) is 0 Å². The molecule has 0 spiro atoms. The summed E-state index contributed by atoms with van der Waals surface area (Å²) >= 11 is 0. The molecule has 0 aliphatic heterocycles. The van der Waals surface area contributed by atoms with Crippen LogP contribution in [0.3, 0.4) is 0 Å². The number of carbonyl (C=O) groups excluding carboxylic acids is 1. The molecule has 0 saturated heterocycles. The summed E-state index contributed by atoms with van der Waals surface area (Å²) < 4.78 is 0. The van der Waals surface area contributed by atoms with Gasteiger partial charge in [-0.1, -0.05) is 19.4 Å². The Bertz CT molecular complexity index is 138. The molecule has 1 unspecified atom stereocenters. The van der Waals surface area contributed by atoms with Crippen LogP contribution in [0.25, 0.3) is 0 Å². The van der Waals surface area contributed by atoms with Crippen LogP contribution in [0.4, 0.5) is 0 Å². The lowest BCUT2D eigenvalue weighted by atomic mass is 10.1. The second kappa shape index (κ2) is 6.10. The highest BCUT2D eigenvalue weighted by atomic mass is 16.3. The minimum atomic E-state index is -0.283. The van der Waals surface area contributed by atoms with Crippen LogP contribution in [0.1, 0.15) is 33.1 Å². The van der Waals surface area contributed by atoms with Crippen molar-refractivity contribution in [2.75, 3.05) is 0 Å². The SMILES string of the molecule is CCCC(O)C/C=C(\C)C=O. The first kappa shape index (κ1) is 10.4. The zero-order valence-electron chi connectivity index (χ0n) is 7.21. The monoisotopic (exact) mass is 156 g/mol. The van der Waals surface area contributed by atoms with Gasteiger partial charge in [0.25, 0.3) is 0 Å². The van der Waals surface area contributed by atoms with Crippen LogP contribution >= 0.6 is 0 Å². The topological polar surface area (TPSA) is 37.3 Å². The first-order valence-corrected chi connectivity index (χ1v) is 4.00. The lowest BCUT2D eigenvalue weighted by Gasteiger charge is -2.04. The summed E-state index contributed by atoms with van der Waals surface area (Å²) in [7, 11) is 0. The summed E-state index contributed by atoms with van der Waals surface area (Å²) in [4.78, 5) is 10.1. The first-order chi connectivity index (χ1) is 5.20. The maximum Gasteiger partial charge on any atom is 0.145 e. The summed E-state index contributed by atoms with van der Waals surface area (Å²) in [5.74, 6) is 0. The summed E-state index contributed by atoms with van der Waals surface area (Å²) in [6.45, 7) is 3.77. The van der Waals surface area contributed by atoms with Crippen LogP contribution in [0.2, 0.25) is 0 Å². The Labute approximate surface area is 67.9 Å². The molecule has 1 N–H and O–H groups in total. The normalized spacial score (nSPS) is 14.6. The van der Waals surface area contributed by atoms with Crippen molar-refractivity contribution in [3.8, 4) is 0 Å². The third-order valence-corrected chi connectivity index (χ3v) is 1.52. The molecule has 0 aromatic heterocycles. The molecule has 2 heteroatoms. The quantitative estimate of drug-likeness (QED) is 0.485. The molecular weight excluding hydrogens is 140 g/mol. The van der Waals surface area contributed by atoms with Crippen molar-refractivity contribution < 1.29 is 9.90 Å². The van der Waals surface area contributed by atoms with E-state index in [1.54, 1.807) is 13.0 Å². The average Bonchev–Trinajstić information content (AvgIpc) is 2.01. The van der Waals surface area contributed by atoms with Crippen molar-refractivity contribution in [3.05, 3.63) is 11.6 Å². The Balaban J connectivity index is 3.59. The van der Waals surface area contributed by atoms with Crippen LogP contribution in [0.15, 0.2) is 11.6 Å². The van der Waals surface area contributed by atoms with Gasteiger partial charge >= 0.3 is 0 Å². The molecule has 0 fully saturated rings. The van der Waals surface area contributed by atoms with E-state index in [0.717, 1.165) is 19.1 Å². The highest BCUT2D eigenvalue weighted by molar-refractivity contribution is 5.71. The number of aliphatic hydroxyl groups excluding tert-OH is 1. The highest BCUT2D eigenvalue weighted by Gasteiger charge is 1.98. The van der Waals surface area contributed by atoms with Crippen molar-refractivity contribution >= 4 is 6.29 Å². The van der Waals surface area contributed by atoms with Crippen molar-refractivity contribution in [3.63, 3.8) is 0 Å². The number of rotatable bonds is 5.